The third kappa shape index (κ3) is 8.19. The molecule has 0 radical (unpaired) electrons. The number of hydrogen-bond acceptors (Lipinski definition) is 4. The highest BCUT2D eigenvalue weighted by Gasteiger charge is 2.03. The van der Waals surface area contributed by atoms with Gasteiger partial charge in [-0.05, 0) is 45.4 Å². The minimum Gasteiger partial charge on any atom is -0.445 e. The van der Waals surface area contributed by atoms with Gasteiger partial charge in [-0.15, -0.1) is 0 Å². The van der Waals surface area contributed by atoms with Gasteiger partial charge in [0.15, 0.2) is 0 Å². The van der Waals surface area contributed by atoms with Crippen LogP contribution in [0.5, 0.6) is 0 Å². The molecule has 1 amide bonds. The Bertz CT molecular complexity index is 416. The number of rotatable bonds is 8. The number of amides is 1. The summed E-state index contributed by atoms with van der Waals surface area (Å²) in [5.41, 5.74) is 2.02. The molecular formula is C16H26N2O3. The van der Waals surface area contributed by atoms with E-state index < -0.39 is 6.09 Å². The van der Waals surface area contributed by atoms with Crippen LogP contribution in [0.15, 0.2) is 24.3 Å². The highest BCUT2D eigenvalue weighted by Crippen LogP contribution is 2.11. The van der Waals surface area contributed by atoms with Crippen molar-refractivity contribution in [2.75, 3.05) is 18.5 Å². The quantitative estimate of drug-likeness (QED) is 0.723. The number of hydrogen-bond donors (Lipinski definition) is 2. The molecule has 0 heterocycles. The molecule has 0 unspecified atom stereocenters. The standard InChI is InChI=1S/C16H26N2O3/c1-12(2)18-15-7-5-14(6-8-15)11-21-16(19)17-9-10-20-13(3)4/h5-8,12-13,18H,9-11H2,1-4H3,(H,17,19). The third-order valence-corrected chi connectivity index (χ3v) is 2.60. The van der Waals surface area contributed by atoms with E-state index in [9.17, 15) is 4.79 Å². The van der Waals surface area contributed by atoms with E-state index >= 15 is 0 Å². The maximum atomic E-state index is 11.5. The van der Waals surface area contributed by atoms with Gasteiger partial charge >= 0.3 is 6.09 Å². The topological polar surface area (TPSA) is 59.6 Å². The molecule has 1 aromatic carbocycles. The number of nitrogens with one attached hydrogen (secondary N) is 2. The molecule has 5 nitrogen and oxygen atoms in total. The van der Waals surface area contributed by atoms with Crippen LogP contribution in [0, 0.1) is 0 Å². The van der Waals surface area contributed by atoms with E-state index in [1.807, 2.05) is 38.1 Å². The largest absolute Gasteiger partial charge is 0.445 e. The maximum Gasteiger partial charge on any atom is 0.407 e. The van der Waals surface area contributed by atoms with Crippen molar-refractivity contribution in [2.45, 2.75) is 46.4 Å². The first-order valence-electron chi connectivity index (χ1n) is 7.35. The Morgan fingerprint density at radius 3 is 2.38 bits per heavy atom. The molecule has 118 valence electrons. The molecule has 1 rings (SSSR count). The number of benzene rings is 1. The van der Waals surface area contributed by atoms with Crippen molar-refractivity contribution in [2.24, 2.45) is 0 Å². The predicted molar refractivity (Wildman–Crippen MR) is 84.5 cm³/mol. The molecule has 0 aliphatic rings. The molecule has 0 aromatic heterocycles. The first kappa shape index (κ1) is 17.3. The summed E-state index contributed by atoms with van der Waals surface area (Å²) < 4.78 is 10.5. The zero-order valence-corrected chi connectivity index (χ0v) is 13.3. The summed E-state index contributed by atoms with van der Waals surface area (Å²) in [7, 11) is 0. The second-order valence-corrected chi connectivity index (χ2v) is 5.42. The summed E-state index contributed by atoms with van der Waals surface area (Å²) in [5.74, 6) is 0. The Morgan fingerprint density at radius 1 is 1.14 bits per heavy atom. The van der Waals surface area contributed by atoms with E-state index in [2.05, 4.69) is 24.5 Å². The van der Waals surface area contributed by atoms with Gasteiger partial charge in [0.1, 0.15) is 6.61 Å². The van der Waals surface area contributed by atoms with Crippen LogP contribution < -0.4 is 10.6 Å². The average Bonchev–Trinajstić information content (AvgIpc) is 2.42. The highest BCUT2D eigenvalue weighted by molar-refractivity contribution is 5.67. The van der Waals surface area contributed by atoms with E-state index in [4.69, 9.17) is 9.47 Å². The van der Waals surface area contributed by atoms with Gasteiger partial charge in [-0.25, -0.2) is 4.79 Å². The molecule has 5 heteroatoms. The normalized spacial score (nSPS) is 10.8. The van der Waals surface area contributed by atoms with Gasteiger partial charge in [0, 0.05) is 18.3 Å². The molecule has 0 aliphatic heterocycles. The Balaban J connectivity index is 2.23. The molecule has 2 N–H and O–H groups in total. The van der Waals surface area contributed by atoms with Gasteiger partial charge in [-0.3, -0.25) is 0 Å². The van der Waals surface area contributed by atoms with Crippen molar-refractivity contribution in [3.63, 3.8) is 0 Å². The van der Waals surface area contributed by atoms with E-state index in [1.165, 1.54) is 0 Å². The fourth-order valence-electron chi connectivity index (χ4n) is 1.68. The minimum atomic E-state index is -0.424. The highest BCUT2D eigenvalue weighted by atomic mass is 16.5. The van der Waals surface area contributed by atoms with Crippen molar-refractivity contribution in [3.8, 4) is 0 Å². The first-order chi connectivity index (χ1) is 9.97. The van der Waals surface area contributed by atoms with Gasteiger partial charge in [0.25, 0.3) is 0 Å². The molecule has 0 saturated carbocycles. The fraction of sp³-hybridized carbons (Fsp3) is 0.562. The number of carbonyl (C=O) groups is 1. The van der Waals surface area contributed by atoms with Gasteiger partial charge in [0.2, 0.25) is 0 Å². The number of ether oxygens (including phenoxy) is 2. The number of alkyl carbamates (subject to hydrolysis) is 1. The monoisotopic (exact) mass is 294 g/mol. The third-order valence-electron chi connectivity index (χ3n) is 2.60. The van der Waals surface area contributed by atoms with Crippen LogP contribution >= 0.6 is 0 Å². The molecular weight excluding hydrogens is 268 g/mol. The molecule has 0 bridgehead atoms. The molecule has 0 spiro atoms. The van der Waals surface area contributed by atoms with Crippen molar-refractivity contribution in [1.82, 2.24) is 5.32 Å². The SMILES string of the molecule is CC(C)Nc1ccc(COC(=O)NCCOC(C)C)cc1. The summed E-state index contributed by atoms with van der Waals surface area (Å²) in [6.45, 7) is 9.29. The molecule has 0 saturated heterocycles. The zero-order valence-electron chi connectivity index (χ0n) is 13.3. The minimum absolute atomic E-state index is 0.167. The van der Waals surface area contributed by atoms with E-state index in [0.29, 0.717) is 19.2 Å². The second-order valence-electron chi connectivity index (χ2n) is 5.42. The van der Waals surface area contributed by atoms with Crippen LogP contribution in [0.2, 0.25) is 0 Å². The Labute approximate surface area is 127 Å². The smallest absolute Gasteiger partial charge is 0.407 e. The molecule has 0 atom stereocenters. The van der Waals surface area contributed by atoms with Crippen LogP contribution in [0.25, 0.3) is 0 Å². The zero-order chi connectivity index (χ0) is 15.7. The summed E-state index contributed by atoms with van der Waals surface area (Å²) >= 11 is 0. The predicted octanol–water partition coefficient (Wildman–Crippen LogP) is 3.16. The number of carbonyl (C=O) groups excluding carboxylic acids is 1. The lowest BCUT2D eigenvalue weighted by molar-refractivity contribution is 0.0775. The van der Waals surface area contributed by atoms with Crippen LogP contribution in [-0.2, 0) is 16.1 Å². The lowest BCUT2D eigenvalue weighted by Gasteiger charge is -2.11. The lowest BCUT2D eigenvalue weighted by Crippen LogP contribution is -2.28. The molecule has 21 heavy (non-hydrogen) atoms. The Morgan fingerprint density at radius 2 is 1.81 bits per heavy atom. The maximum absolute atomic E-state index is 11.5. The van der Waals surface area contributed by atoms with Gasteiger partial charge < -0.3 is 20.1 Å². The molecule has 0 aliphatic carbocycles. The molecule has 0 fully saturated rings. The Kier molecular flexibility index (Phi) is 7.61. The fourth-order valence-corrected chi connectivity index (χ4v) is 1.68. The molecule has 1 aromatic rings. The van der Waals surface area contributed by atoms with Crippen molar-refractivity contribution >= 4 is 11.8 Å². The number of anilines is 1. The van der Waals surface area contributed by atoms with Crippen LogP contribution in [0.4, 0.5) is 10.5 Å². The van der Waals surface area contributed by atoms with E-state index in [1.54, 1.807) is 0 Å². The van der Waals surface area contributed by atoms with Crippen LogP contribution in [0.3, 0.4) is 0 Å². The summed E-state index contributed by atoms with van der Waals surface area (Å²) in [5, 5.41) is 5.95. The summed E-state index contributed by atoms with van der Waals surface area (Å²) in [6.07, 6.45) is -0.257. The lowest BCUT2D eigenvalue weighted by atomic mass is 10.2. The first-order valence-corrected chi connectivity index (χ1v) is 7.35. The van der Waals surface area contributed by atoms with E-state index in [-0.39, 0.29) is 12.7 Å². The van der Waals surface area contributed by atoms with Crippen molar-refractivity contribution in [3.05, 3.63) is 29.8 Å². The summed E-state index contributed by atoms with van der Waals surface area (Å²) in [4.78, 5) is 11.5. The van der Waals surface area contributed by atoms with E-state index in [0.717, 1.165) is 11.3 Å². The van der Waals surface area contributed by atoms with Gasteiger partial charge in [0.05, 0.1) is 12.7 Å². The van der Waals surface area contributed by atoms with Crippen molar-refractivity contribution < 1.29 is 14.3 Å². The second kappa shape index (κ2) is 9.23. The Hall–Kier alpha value is -1.75. The average molecular weight is 294 g/mol. The van der Waals surface area contributed by atoms with Gasteiger partial charge in [-0.2, -0.15) is 0 Å². The summed E-state index contributed by atoms with van der Waals surface area (Å²) in [6, 6.07) is 8.24. The van der Waals surface area contributed by atoms with Gasteiger partial charge in [-0.1, -0.05) is 12.1 Å². The van der Waals surface area contributed by atoms with Crippen LogP contribution in [0.1, 0.15) is 33.3 Å². The van der Waals surface area contributed by atoms with Crippen molar-refractivity contribution in [1.29, 1.82) is 0 Å². The van der Waals surface area contributed by atoms with Crippen LogP contribution in [-0.4, -0.2) is 31.4 Å².